The molecule has 1 aromatic heterocycles. The Hall–Kier alpha value is -1.07. The molecule has 1 saturated heterocycles. The number of carbonyl (C=O) groups excluding carboxylic acids is 1. The molecule has 120 valence electrons. The summed E-state index contributed by atoms with van der Waals surface area (Å²) in [4.78, 5) is 11.9. The van der Waals surface area contributed by atoms with Gasteiger partial charge in [0.15, 0.2) is 0 Å². The Kier molecular flexibility index (Phi) is 7.75. The van der Waals surface area contributed by atoms with Crippen molar-refractivity contribution in [1.82, 2.24) is 20.4 Å². The number of rotatable bonds is 6. The summed E-state index contributed by atoms with van der Waals surface area (Å²) >= 11 is 0. The minimum absolute atomic E-state index is 0. The second kappa shape index (κ2) is 9.05. The summed E-state index contributed by atoms with van der Waals surface area (Å²) in [7, 11) is 1.91. The van der Waals surface area contributed by atoms with Gasteiger partial charge in [0.1, 0.15) is 0 Å². The van der Waals surface area contributed by atoms with Gasteiger partial charge in [-0.1, -0.05) is 6.92 Å². The summed E-state index contributed by atoms with van der Waals surface area (Å²) in [5, 5.41) is 10.5. The maximum absolute atomic E-state index is 11.9. The molecule has 1 atom stereocenters. The minimum Gasteiger partial charge on any atom is -0.356 e. The SMILES string of the molecule is CC(CC(=O)NCCc1cnn(C)c1)C1CCNCC1.Cl. The van der Waals surface area contributed by atoms with E-state index >= 15 is 0 Å². The van der Waals surface area contributed by atoms with Crippen LogP contribution in [0.1, 0.15) is 31.7 Å². The molecular formula is C15H27ClN4O. The van der Waals surface area contributed by atoms with Crippen LogP contribution < -0.4 is 10.6 Å². The van der Waals surface area contributed by atoms with Crippen LogP contribution in [0.15, 0.2) is 12.4 Å². The number of nitrogens with zero attached hydrogens (tertiary/aromatic N) is 2. The van der Waals surface area contributed by atoms with Crippen molar-refractivity contribution >= 4 is 18.3 Å². The lowest BCUT2D eigenvalue weighted by Gasteiger charge is -2.27. The molecule has 0 aliphatic carbocycles. The zero-order chi connectivity index (χ0) is 14.4. The average Bonchev–Trinajstić information content (AvgIpc) is 2.85. The monoisotopic (exact) mass is 314 g/mol. The third-order valence-electron chi connectivity index (χ3n) is 4.19. The summed E-state index contributed by atoms with van der Waals surface area (Å²) < 4.78 is 1.79. The van der Waals surface area contributed by atoms with Crippen LogP contribution in [0, 0.1) is 11.8 Å². The van der Waals surface area contributed by atoms with Crippen molar-refractivity contribution in [3.05, 3.63) is 18.0 Å². The van der Waals surface area contributed by atoms with E-state index in [1.165, 1.54) is 18.4 Å². The minimum atomic E-state index is 0. The number of nitrogens with one attached hydrogen (secondary N) is 2. The van der Waals surface area contributed by atoms with Gasteiger partial charge in [0.05, 0.1) is 6.20 Å². The number of amides is 1. The summed E-state index contributed by atoms with van der Waals surface area (Å²) in [5.41, 5.74) is 1.17. The predicted molar refractivity (Wildman–Crippen MR) is 86.5 cm³/mol. The molecule has 1 aliphatic heterocycles. The number of carbonyl (C=O) groups is 1. The number of piperidine rings is 1. The first kappa shape index (κ1) is 18.0. The average molecular weight is 315 g/mol. The van der Waals surface area contributed by atoms with Crippen molar-refractivity contribution in [3.63, 3.8) is 0 Å². The number of hydrogen-bond acceptors (Lipinski definition) is 3. The van der Waals surface area contributed by atoms with Gasteiger partial charge in [-0.15, -0.1) is 12.4 Å². The van der Waals surface area contributed by atoms with Gasteiger partial charge < -0.3 is 10.6 Å². The van der Waals surface area contributed by atoms with Gasteiger partial charge in [-0.3, -0.25) is 9.48 Å². The summed E-state index contributed by atoms with van der Waals surface area (Å²) in [5.74, 6) is 1.36. The van der Waals surface area contributed by atoms with Crippen molar-refractivity contribution in [1.29, 1.82) is 0 Å². The van der Waals surface area contributed by atoms with E-state index in [2.05, 4.69) is 22.7 Å². The zero-order valence-electron chi connectivity index (χ0n) is 13.0. The molecule has 21 heavy (non-hydrogen) atoms. The fourth-order valence-electron chi connectivity index (χ4n) is 2.89. The van der Waals surface area contributed by atoms with Crippen LogP contribution in [0.3, 0.4) is 0 Å². The lowest BCUT2D eigenvalue weighted by Crippen LogP contribution is -2.34. The zero-order valence-corrected chi connectivity index (χ0v) is 13.8. The van der Waals surface area contributed by atoms with Crippen molar-refractivity contribution in [3.8, 4) is 0 Å². The van der Waals surface area contributed by atoms with Crippen LogP contribution >= 0.6 is 12.4 Å². The molecule has 1 aliphatic rings. The first-order chi connectivity index (χ1) is 9.65. The molecule has 5 nitrogen and oxygen atoms in total. The number of aryl methyl sites for hydroxylation is 1. The molecule has 0 bridgehead atoms. The Morgan fingerprint density at radius 2 is 2.24 bits per heavy atom. The third-order valence-corrected chi connectivity index (χ3v) is 4.19. The van der Waals surface area contributed by atoms with Crippen LogP contribution in [0.2, 0.25) is 0 Å². The molecule has 0 saturated carbocycles. The van der Waals surface area contributed by atoms with Crippen LogP contribution in [0.5, 0.6) is 0 Å². The van der Waals surface area contributed by atoms with E-state index in [0.717, 1.165) is 19.5 Å². The third kappa shape index (κ3) is 6.06. The first-order valence-electron chi connectivity index (χ1n) is 7.60. The Balaban J connectivity index is 0.00000220. The lowest BCUT2D eigenvalue weighted by atomic mass is 9.84. The highest BCUT2D eigenvalue weighted by Crippen LogP contribution is 2.24. The Morgan fingerprint density at radius 1 is 1.52 bits per heavy atom. The van der Waals surface area contributed by atoms with Crippen LogP contribution in [0.4, 0.5) is 0 Å². The molecule has 0 radical (unpaired) electrons. The number of halogens is 1. The fraction of sp³-hybridized carbons (Fsp3) is 0.733. The largest absolute Gasteiger partial charge is 0.356 e. The lowest BCUT2D eigenvalue weighted by molar-refractivity contribution is -0.122. The topological polar surface area (TPSA) is 59.0 Å². The summed E-state index contributed by atoms with van der Waals surface area (Å²) in [6.07, 6.45) is 7.74. The normalized spacial score (nSPS) is 17.0. The van der Waals surface area contributed by atoms with Gasteiger partial charge in [-0.25, -0.2) is 0 Å². The Morgan fingerprint density at radius 3 is 2.86 bits per heavy atom. The van der Waals surface area contributed by atoms with Crippen LogP contribution in [-0.2, 0) is 18.3 Å². The van der Waals surface area contributed by atoms with Crippen molar-refractivity contribution in [2.24, 2.45) is 18.9 Å². The molecule has 0 aromatic carbocycles. The molecule has 2 N–H and O–H groups in total. The van der Waals surface area contributed by atoms with Crippen LogP contribution in [-0.4, -0.2) is 35.3 Å². The van der Waals surface area contributed by atoms with E-state index in [-0.39, 0.29) is 18.3 Å². The van der Waals surface area contributed by atoms with Crippen LogP contribution in [0.25, 0.3) is 0 Å². The number of aromatic nitrogens is 2. The molecule has 1 unspecified atom stereocenters. The number of hydrogen-bond donors (Lipinski definition) is 2. The Labute approximate surface area is 133 Å². The van der Waals surface area contributed by atoms with E-state index in [1.807, 2.05) is 19.4 Å². The van der Waals surface area contributed by atoms with Gasteiger partial charge >= 0.3 is 0 Å². The van der Waals surface area contributed by atoms with Crippen molar-refractivity contribution < 1.29 is 4.79 Å². The van der Waals surface area contributed by atoms with Gasteiger partial charge in [0, 0.05) is 26.2 Å². The highest BCUT2D eigenvalue weighted by molar-refractivity contribution is 5.85. The van der Waals surface area contributed by atoms with Crippen molar-refractivity contribution in [2.75, 3.05) is 19.6 Å². The summed E-state index contributed by atoms with van der Waals surface area (Å²) in [6, 6.07) is 0. The van der Waals surface area contributed by atoms with Gasteiger partial charge in [0.25, 0.3) is 0 Å². The van der Waals surface area contributed by atoms with Gasteiger partial charge in [-0.2, -0.15) is 5.10 Å². The highest BCUT2D eigenvalue weighted by Gasteiger charge is 2.21. The van der Waals surface area contributed by atoms with E-state index in [9.17, 15) is 4.79 Å². The molecule has 1 aromatic rings. The maximum Gasteiger partial charge on any atom is 0.220 e. The molecule has 2 heterocycles. The predicted octanol–water partition coefficient (Wildman–Crippen LogP) is 1.53. The van der Waals surface area contributed by atoms with E-state index in [0.29, 0.717) is 24.8 Å². The van der Waals surface area contributed by atoms with E-state index in [1.54, 1.807) is 4.68 Å². The van der Waals surface area contributed by atoms with Gasteiger partial charge in [0.2, 0.25) is 5.91 Å². The fourth-order valence-corrected chi connectivity index (χ4v) is 2.89. The van der Waals surface area contributed by atoms with E-state index < -0.39 is 0 Å². The molecule has 2 rings (SSSR count). The quantitative estimate of drug-likeness (QED) is 0.837. The molecule has 0 spiro atoms. The molecule has 6 heteroatoms. The molecular weight excluding hydrogens is 288 g/mol. The second-order valence-corrected chi connectivity index (χ2v) is 5.89. The Bertz CT molecular complexity index is 429. The first-order valence-corrected chi connectivity index (χ1v) is 7.60. The van der Waals surface area contributed by atoms with E-state index in [4.69, 9.17) is 0 Å². The molecule has 1 amide bonds. The van der Waals surface area contributed by atoms with Gasteiger partial charge in [-0.05, 0) is 49.8 Å². The molecule has 1 fully saturated rings. The highest BCUT2D eigenvalue weighted by atomic mass is 35.5. The van der Waals surface area contributed by atoms with Crippen molar-refractivity contribution in [2.45, 2.75) is 32.6 Å². The summed E-state index contributed by atoms with van der Waals surface area (Å²) in [6.45, 7) is 5.09. The smallest absolute Gasteiger partial charge is 0.220 e. The maximum atomic E-state index is 11.9. The second-order valence-electron chi connectivity index (χ2n) is 5.89. The standard InChI is InChI=1S/C15H26N4O.ClH/c1-12(14-4-6-16-7-5-14)9-15(20)17-8-3-13-10-18-19(2)11-13;/h10-12,14,16H,3-9H2,1-2H3,(H,17,20);1H.